The summed E-state index contributed by atoms with van der Waals surface area (Å²) in [6, 6.07) is 5.46. The standard InChI is InChI=1S/C10H11NO/c1-7(2)10-8(3)5-4-6-9(10)11-12/h4-6H,1H2,2-3H3. The smallest absolute Gasteiger partial charge is 0.115 e. The minimum Gasteiger partial charge on any atom is -0.145 e. The lowest BCUT2D eigenvalue weighted by molar-refractivity contribution is 1.37. The number of rotatable bonds is 2. The van der Waals surface area contributed by atoms with E-state index in [1.54, 1.807) is 6.07 Å². The van der Waals surface area contributed by atoms with Crippen molar-refractivity contribution in [3.05, 3.63) is 40.8 Å². The van der Waals surface area contributed by atoms with Gasteiger partial charge in [-0.15, -0.1) is 4.91 Å². The van der Waals surface area contributed by atoms with Crippen LogP contribution in [0.3, 0.4) is 0 Å². The highest BCUT2D eigenvalue weighted by Crippen LogP contribution is 2.27. The van der Waals surface area contributed by atoms with Gasteiger partial charge in [-0.1, -0.05) is 18.7 Å². The van der Waals surface area contributed by atoms with Gasteiger partial charge in [0.05, 0.1) is 0 Å². The first-order valence-electron chi connectivity index (χ1n) is 3.75. The first-order valence-corrected chi connectivity index (χ1v) is 3.75. The summed E-state index contributed by atoms with van der Waals surface area (Å²) in [4.78, 5) is 10.4. The fourth-order valence-electron chi connectivity index (χ4n) is 1.28. The highest BCUT2D eigenvalue weighted by atomic mass is 16.3. The van der Waals surface area contributed by atoms with Crippen molar-refractivity contribution < 1.29 is 0 Å². The lowest BCUT2D eigenvalue weighted by Gasteiger charge is -2.05. The zero-order valence-corrected chi connectivity index (χ0v) is 7.29. The summed E-state index contributed by atoms with van der Waals surface area (Å²) in [6.45, 7) is 7.61. The molecule has 1 rings (SSSR count). The van der Waals surface area contributed by atoms with E-state index in [1.165, 1.54) is 0 Å². The molecule has 0 atom stereocenters. The predicted molar refractivity (Wildman–Crippen MR) is 51.3 cm³/mol. The molecule has 0 heterocycles. The molecule has 0 aromatic heterocycles. The number of aryl methyl sites for hydroxylation is 1. The number of benzene rings is 1. The second-order valence-electron chi connectivity index (χ2n) is 2.84. The molecule has 62 valence electrons. The topological polar surface area (TPSA) is 29.4 Å². The fraction of sp³-hybridized carbons (Fsp3) is 0.200. The molecule has 0 spiro atoms. The Kier molecular flexibility index (Phi) is 2.38. The van der Waals surface area contributed by atoms with Crippen LogP contribution in [-0.4, -0.2) is 0 Å². The van der Waals surface area contributed by atoms with Crippen LogP contribution in [0.1, 0.15) is 18.1 Å². The Morgan fingerprint density at radius 1 is 1.50 bits per heavy atom. The minimum absolute atomic E-state index is 0.475. The maximum absolute atomic E-state index is 10.4. The van der Waals surface area contributed by atoms with Crippen molar-refractivity contribution in [1.82, 2.24) is 0 Å². The second-order valence-corrected chi connectivity index (χ2v) is 2.84. The van der Waals surface area contributed by atoms with Crippen molar-refractivity contribution in [2.45, 2.75) is 13.8 Å². The Bertz CT molecular complexity index is 329. The Hall–Kier alpha value is -1.44. The number of nitrogens with zero attached hydrogens (tertiary/aromatic N) is 1. The van der Waals surface area contributed by atoms with Gasteiger partial charge in [-0.2, -0.15) is 0 Å². The van der Waals surface area contributed by atoms with Crippen molar-refractivity contribution in [2.24, 2.45) is 5.18 Å². The molecular weight excluding hydrogens is 150 g/mol. The molecule has 2 heteroatoms. The summed E-state index contributed by atoms with van der Waals surface area (Å²) in [6.07, 6.45) is 0. The van der Waals surface area contributed by atoms with Crippen LogP contribution in [0.15, 0.2) is 30.0 Å². The Morgan fingerprint density at radius 2 is 2.17 bits per heavy atom. The molecule has 0 N–H and O–H groups in total. The fourth-order valence-corrected chi connectivity index (χ4v) is 1.28. The van der Waals surface area contributed by atoms with Crippen LogP contribution >= 0.6 is 0 Å². The number of hydrogen-bond donors (Lipinski definition) is 0. The molecule has 0 aliphatic rings. The molecule has 0 aliphatic heterocycles. The third-order valence-corrected chi connectivity index (χ3v) is 1.78. The van der Waals surface area contributed by atoms with Crippen LogP contribution in [0.25, 0.3) is 5.57 Å². The molecule has 0 amide bonds. The molecule has 2 nitrogen and oxygen atoms in total. The van der Waals surface area contributed by atoms with Crippen molar-refractivity contribution >= 4 is 11.3 Å². The van der Waals surface area contributed by atoms with E-state index < -0.39 is 0 Å². The summed E-state index contributed by atoms with van der Waals surface area (Å²) in [5.74, 6) is 0. The van der Waals surface area contributed by atoms with Crippen molar-refractivity contribution in [1.29, 1.82) is 0 Å². The minimum atomic E-state index is 0.475. The maximum atomic E-state index is 10.4. The summed E-state index contributed by atoms with van der Waals surface area (Å²) < 4.78 is 0. The van der Waals surface area contributed by atoms with Crippen LogP contribution in [0, 0.1) is 11.8 Å². The van der Waals surface area contributed by atoms with Crippen molar-refractivity contribution in [2.75, 3.05) is 0 Å². The van der Waals surface area contributed by atoms with Gasteiger partial charge in [-0.3, -0.25) is 0 Å². The molecule has 0 fully saturated rings. The Morgan fingerprint density at radius 3 is 2.58 bits per heavy atom. The Labute approximate surface area is 71.9 Å². The summed E-state index contributed by atoms with van der Waals surface area (Å²) in [5.41, 5.74) is 3.26. The van der Waals surface area contributed by atoms with E-state index in [0.717, 1.165) is 16.7 Å². The lowest BCUT2D eigenvalue weighted by Crippen LogP contribution is -1.84. The van der Waals surface area contributed by atoms with Gasteiger partial charge in [-0.25, -0.2) is 0 Å². The average molecular weight is 161 g/mol. The van der Waals surface area contributed by atoms with Gasteiger partial charge in [0, 0.05) is 5.56 Å². The van der Waals surface area contributed by atoms with E-state index in [4.69, 9.17) is 0 Å². The molecule has 0 saturated heterocycles. The monoisotopic (exact) mass is 161 g/mol. The van der Waals surface area contributed by atoms with Crippen molar-refractivity contribution in [3.8, 4) is 0 Å². The molecule has 1 aromatic carbocycles. The number of nitroso groups, excluding NO2 is 1. The third-order valence-electron chi connectivity index (χ3n) is 1.78. The van der Waals surface area contributed by atoms with Gasteiger partial charge in [0.2, 0.25) is 0 Å². The first-order chi connectivity index (χ1) is 5.66. The largest absolute Gasteiger partial charge is 0.145 e. The first kappa shape index (κ1) is 8.65. The van der Waals surface area contributed by atoms with Gasteiger partial charge in [0.25, 0.3) is 0 Å². The van der Waals surface area contributed by atoms with Gasteiger partial charge in [0.15, 0.2) is 0 Å². The normalized spacial score (nSPS) is 9.50. The number of hydrogen-bond acceptors (Lipinski definition) is 2. The molecule has 1 aromatic rings. The lowest BCUT2D eigenvalue weighted by atomic mass is 10.0. The van der Waals surface area contributed by atoms with E-state index in [0.29, 0.717) is 5.69 Å². The summed E-state index contributed by atoms with van der Waals surface area (Å²) >= 11 is 0. The quantitative estimate of drug-likeness (QED) is 0.611. The van der Waals surface area contributed by atoms with Gasteiger partial charge in [-0.05, 0) is 36.2 Å². The zero-order valence-electron chi connectivity index (χ0n) is 7.29. The molecular formula is C10H11NO. The summed E-state index contributed by atoms with van der Waals surface area (Å²) in [7, 11) is 0. The van der Waals surface area contributed by atoms with Gasteiger partial charge in [0.1, 0.15) is 5.69 Å². The van der Waals surface area contributed by atoms with Crippen LogP contribution in [0.2, 0.25) is 0 Å². The molecule has 0 unspecified atom stereocenters. The zero-order chi connectivity index (χ0) is 9.14. The second kappa shape index (κ2) is 3.30. The number of allylic oxidation sites excluding steroid dienone is 1. The van der Waals surface area contributed by atoms with Crippen LogP contribution in [-0.2, 0) is 0 Å². The maximum Gasteiger partial charge on any atom is 0.115 e. The average Bonchev–Trinajstić information content (AvgIpc) is 2.03. The van der Waals surface area contributed by atoms with Crippen LogP contribution < -0.4 is 0 Å². The van der Waals surface area contributed by atoms with Crippen molar-refractivity contribution in [3.63, 3.8) is 0 Å². The van der Waals surface area contributed by atoms with E-state index in [2.05, 4.69) is 11.8 Å². The summed E-state index contributed by atoms with van der Waals surface area (Å²) in [5, 5.41) is 2.94. The van der Waals surface area contributed by atoms with Crippen LogP contribution in [0.4, 0.5) is 5.69 Å². The van der Waals surface area contributed by atoms with Crippen LogP contribution in [0.5, 0.6) is 0 Å². The molecule has 0 bridgehead atoms. The van der Waals surface area contributed by atoms with E-state index in [9.17, 15) is 4.91 Å². The highest BCUT2D eigenvalue weighted by Gasteiger charge is 2.05. The van der Waals surface area contributed by atoms with E-state index in [1.807, 2.05) is 26.0 Å². The van der Waals surface area contributed by atoms with Gasteiger partial charge >= 0.3 is 0 Å². The SMILES string of the molecule is C=C(C)c1c(C)cccc1N=O. The molecule has 0 aliphatic carbocycles. The van der Waals surface area contributed by atoms with E-state index >= 15 is 0 Å². The molecule has 12 heavy (non-hydrogen) atoms. The molecule has 0 radical (unpaired) electrons. The third kappa shape index (κ3) is 1.42. The van der Waals surface area contributed by atoms with E-state index in [-0.39, 0.29) is 0 Å². The Balaban J connectivity index is 3.39. The highest BCUT2D eigenvalue weighted by molar-refractivity contribution is 5.74. The predicted octanol–water partition coefficient (Wildman–Crippen LogP) is 3.43. The molecule has 0 saturated carbocycles. The van der Waals surface area contributed by atoms with Gasteiger partial charge < -0.3 is 0 Å².